The van der Waals surface area contributed by atoms with Crippen molar-refractivity contribution in [1.82, 2.24) is 15.1 Å². The number of aryl methyl sites for hydroxylation is 1. The van der Waals surface area contributed by atoms with Crippen LogP contribution in [0, 0.1) is 12.8 Å². The number of ether oxygens (including phenoxy) is 2. The van der Waals surface area contributed by atoms with Crippen LogP contribution in [0.1, 0.15) is 62.3 Å². The Balaban J connectivity index is 1.72. The van der Waals surface area contributed by atoms with E-state index in [0.29, 0.717) is 29.8 Å². The lowest BCUT2D eigenvalue weighted by Crippen LogP contribution is -2.43. The minimum Gasteiger partial charge on any atom is -0.454 e. The summed E-state index contributed by atoms with van der Waals surface area (Å²) in [5.41, 5.74) is 4.42. The minimum atomic E-state index is -0.326. The van der Waals surface area contributed by atoms with Gasteiger partial charge in [0.2, 0.25) is 18.6 Å². The molecule has 2 aromatic carbocycles. The molecule has 0 bridgehead atoms. The Hall–Kier alpha value is -3.46. The molecule has 1 atom stereocenters. The van der Waals surface area contributed by atoms with Crippen LogP contribution < -0.4 is 19.7 Å². The molecule has 0 saturated carbocycles. The summed E-state index contributed by atoms with van der Waals surface area (Å²) < 4.78 is 13.1. The molecule has 206 valence electrons. The van der Waals surface area contributed by atoms with Gasteiger partial charge in [0.05, 0.1) is 22.4 Å². The number of hydrogen-bond acceptors (Lipinski definition) is 6. The average molecular weight is 549 g/mol. The summed E-state index contributed by atoms with van der Waals surface area (Å²) in [5.74, 6) is 2.26. The van der Waals surface area contributed by atoms with E-state index in [1.807, 2.05) is 61.9 Å². The maximum absolute atomic E-state index is 13.8. The fraction of sp³-hybridized carbons (Fsp3) is 0.433. The van der Waals surface area contributed by atoms with E-state index in [2.05, 4.69) is 32.2 Å². The first-order valence-electron chi connectivity index (χ1n) is 13.3. The Morgan fingerprint density at radius 2 is 1.92 bits per heavy atom. The van der Waals surface area contributed by atoms with Crippen LogP contribution in [0.5, 0.6) is 11.5 Å². The number of amides is 2. The zero-order valence-corrected chi connectivity index (χ0v) is 24.2. The maximum Gasteiger partial charge on any atom is 0.240 e. The van der Waals surface area contributed by atoms with Gasteiger partial charge in [0, 0.05) is 17.5 Å². The number of thioether (sulfide) groups is 1. The van der Waals surface area contributed by atoms with Gasteiger partial charge in [-0.15, -0.1) is 11.8 Å². The van der Waals surface area contributed by atoms with E-state index in [-0.39, 0.29) is 41.6 Å². The van der Waals surface area contributed by atoms with Gasteiger partial charge in [-0.05, 0) is 48.2 Å². The molecule has 3 aromatic rings. The molecule has 0 aliphatic carbocycles. The molecule has 9 heteroatoms. The number of carbonyl (C=O) groups excluding carboxylic acids is 2. The van der Waals surface area contributed by atoms with Gasteiger partial charge >= 0.3 is 0 Å². The Kier molecular flexibility index (Phi) is 7.37. The van der Waals surface area contributed by atoms with Crippen LogP contribution in [-0.4, -0.2) is 47.2 Å². The molecule has 0 fully saturated rings. The quantitative estimate of drug-likeness (QED) is 0.459. The third kappa shape index (κ3) is 5.50. The molecule has 39 heavy (non-hydrogen) atoms. The van der Waals surface area contributed by atoms with Crippen molar-refractivity contribution in [2.45, 2.75) is 52.2 Å². The largest absolute Gasteiger partial charge is 0.454 e. The van der Waals surface area contributed by atoms with E-state index in [1.165, 1.54) is 0 Å². The molecular weight excluding hydrogens is 512 g/mol. The second kappa shape index (κ2) is 10.6. The van der Waals surface area contributed by atoms with Crippen molar-refractivity contribution in [2.24, 2.45) is 5.92 Å². The predicted octanol–water partition coefficient (Wildman–Crippen LogP) is 5.15. The fourth-order valence-corrected chi connectivity index (χ4v) is 6.06. The van der Waals surface area contributed by atoms with Crippen molar-refractivity contribution in [3.8, 4) is 17.2 Å². The summed E-state index contributed by atoms with van der Waals surface area (Å²) in [5, 5.41) is 7.93. The normalized spacial score (nSPS) is 16.8. The highest BCUT2D eigenvalue weighted by Gasteiger charge is 2.40. The number of benzene rings is 2. The van der Waals surface area contributed by atoms with Gasteiger partial charge in [0.25, 0.3) is 0 Å². The molecule has 1 aromatic heterocycles. The second-order valence-corrected chi connectivity index (χ2v) is 12.7. The van der Waals surface area contributed by atoms with Gasteiger partial charge in [-0.2, -0.15) is 5.10 Å². The van der Waals surface area contributed by atoms with E-state index in [0.717, 1.165) is 28.1 Å². The first-order chi connectivity index (χ1) is 18.5. The first-order valence-corrected chi connectivity index (χ1v) is 14.4. The Bertz CT molecular complexity index is 1410. The van der Waals surface area contributed by atoms with E-state index >= 15 is 0 Å². The SMILES string of the molecule is Cc1cccc(-n2nc(C(C)(C)C)c3c2N(CC(=O)NCC(C)C)C(=O)CS[C@H]3c2ccc3c(c2)OCO3)c1. The molecule has 2 amide bonds. The first kappa shape index (κ1) is 27.1. The molecule has 2 aliphatic rings. The summed E-state index contributed by atoms with van der Waals surface area (Å²) in [6, 6.07) is 14.0. The summed E-state index contributed by atoms with van der Waals surface area (Å²) in [4.78, 5) is 28.5. The van der Waals surface area contributed by atoms with Crippen molar-refractivity contribution in [2.75, 3.05) is 30.5 Å². The van der Waals surface area contributed by atoms with Crippen LogP contribution in [0.25, 0.3) is 5.69 Å². The Labute approximate surface area is 234 Å². The van der Waals surface area contributed by atoms with Gasteiger partial charge in [-0.25, -0.2) is 4.68 Å². The lowest BCUT2D eigenvalue weighted by molar-refractivity contribution is -0.123. The monoisotopic (exact) mass is 548 g/mol. The van der Waals surface area contributed by atoms with Crippen LogP contribution in [-0.2, 0) is 15.0 Å². The van der Waals surface area contributed by atoms with Crippen molar-refractivity contribution in [3.05, 3.63) is 64.8 Å². The van der Waals surface area contributed by atoms with Gasteiger partial charge < -0.3 is 14.8 Å². The standard InChI is InChI=1S/C30H36N4O4S/c1-18(2)14-31-24(35)15-33-25(36)16-39-27(20-10-11-22-23(13-20)38-17-37-22)26-28(30(4,5)6)32-34(29(26)33)21-9-7-8-19(3)12-21/h7-13,18,27H,14-17H2,1-6H3,(H,31,35)/t27-/m0/s1. The smallest absolute Gasteiger partial charge is 0.240 e. The molecule has 3 heterocycles. The van der Waals surface area contributed by atoms with Crippen LogP contribution >= 0.6 is 11.8 Å². The van der Waals surface area contributed by atoms with E-state index in [4.69, 9.17) is 14.6 Å². The molecule has 5 rings (SSSR count). The van der Waals surface area contributed by atoms with Gasteiger partial charge in [-0.1, -0.05) is 52.8 Å². The van der Waals surface area contributed by atoms with Crippen LogP contribution in [0.15, 0.2) is 42.5 Å². The second-order valence-electron chi connectivity index (χ2n) is 11.6. The third-order valence-electron chi connectivity index (χ3n) is 6.75. The summed E-state index contributed by atoms with van der Waals surface area (Å²) in [6.07, 6.45) is 0. The highest BCUT2D eigenvalue weighted by Crippen LogP contribution is 2.49. The zero-order valence-electron chi connectivity index (χ0n) is 23.4. The summed E-state index contributed by atoms with van der Waals surface area (Å²) in [6.45, 7) is 13.2. The summed E-state index contributed by atoms with van der Waals surface area (Å²) in [7, 11) is 0. The number of rotatable bonds is 6. The number of nitrogens with zero attached hydrogens (tertiary/aromatic N) is 3. The van der Waals surface area contributed by atoms with Crippen LogP contribution in [0.4, 0.5) is 5.82 Å². The van der Waals surface area contributed by atoms with Crippen molar-refractivity contribution < 1.29 is 19.1 Å². The number of carbonyl (C=O) groups is 2. The van der Waals surface area contributed by atoms with Crippen molar-refractivity contribution in [3.63, 3.8) is 0 Å². The predicted molar refractivity (Wildman–Crippen MR) is 154 cm³/mol. The summed E-state index contributed by atoms with van der Waals surface area (Å²) >= 11 is 1.55. The number of anilines is 1. The molecule has 8 nitrogen and oxygen atoms in total. The van der Waals surface area contributed by atoms with E-state index in [1.54, 1.807) is 16.7 Å². The number of aromatic nitrogens is 2. The molecule has 1 N–H and O–H groups in total. The molecular formula is C30H36N4O4S. The highest BCUT2D eigenvalue weighted by molar-refractivity contribution is 8.00. The maximum atomic E-state index is 13.8. The fourth-order valence-electron chi connectivity index (χ4n) is 4.87. The molecule has 0 unspecified atom stereocenters. The van der Waals surface area contributed by atoms with Crippen LogP contribution in [0.3, 0.4) is 0 Å². The highest BCUT2D eigenvalue weighted by atomic mass is 32.2. The number of hydrogen-bond donors (Lipinski definition) is 1. The van der Waals surface area contributed by atoms with Gasteiger partial charge in [0.1, 0.15) is 12.4 Å². The zero-order chi connectivity index (χ0) is 27.9. The molecule has 0 saturated heterocycles. The topological polar surface area (TPSA) is 85.7 Å². The Morgan fingerprint density at radius 3 is 2.64 bits per heavy atom. The number of nitrogens with one attached hydrogen (secondary N) is 1. The van der Waals surface area contributed by atoms with Gasteiger partial charge in [-0.3, -0.25) is 14.5 Å². The molecule has 0 spiro atoms. The number of fused-ring (bicyclic) bond motifs is 2. The van der Waals surface area contributed by atoms with Crippen molar-refractivity contribution >= 4 is 29.4 Å². The molecule has 0 radical (unpaired) electrons. The lowest BCUT2D eigenvalue weighted by Gasteiger charge is -2.25. The van der Waals surface area contributed by atoms with Crippen molar-refractivity contribution in [1.29, 1.82) is 0 Å². The molecule has 2 aliphatic heterocycles. The average Bonchev–Trinajstić information content (AvgIpc) is 3.48. The van der Waals surface area contributed by atoms with E-state index in [9.17, 15) is 9.59 Å². The van der Waals surface area contributed by atoms with Gasteiger partial charge in [0.15, 0.2) is 11.5 Å². The van der Waals surface area contributed by atoms with E-state index < -0.39 is 0 Å². The lowest BCUT2D eigenvalue weighted by atomic mass is 9.87. The van der Waals surface area contributed by atoms with Crippen LogP contribution in [0.2, 0.25) is 0 Å². The third-order valence-corrected chi connectivity index (χ3v) is 8.01. The minimum absolute atomic E-state index is 0.0753. The Morgan fingerprint density at radius 1 is 1.15 bits per heavy atom.